The van der Waals surface area contributed by atoms with Crippen molar-refractivity contribution in [2.24, 2.45) is 0 Å². The lowest BCUT2D eigenvalue weighted by Crippen LogP contribution is -2.50. The minimum Gasteiger partial charge on any atom is -0.379 e. The van der Waals surface area contributed by atoms with Gasteiger partial charge in [0.2, 0.25) is 21.8 Å². The van der Waals surface area contributed by atoms with Gasteiger partial charge in [-0.05, 0) is 68.4 Å². The van der Waals surface area contributed by atoms with Crippen molar-refractivity contribution in [3.8, 4) is 0 Å². The van der Waals surface area contributed by atoms with E-state index in [1.165, 1.54) is 4.31 Å². The van der Waals surface area contributed by atoms with Gasteiger partial charge in [0.25, 0.3) is 0 Å². The van der Waals surface area contributed by atoms with Crippen LogP contribution in [-0.2, 0) is 43.7 Å². The van der Waals surface area contributed by atoms with E-state index >= 15 is 0 Å². The average molecular weight is 620 g/mol. The molecule has 1 fully saturated rings. The van der Waals surface area contributed by atoms with E-state index in [1.54, 1.807) is 29.2 Å². The second-order valence-corrected chi connectivity index (χ2v) is 13.5. The number of ether oxygens (including phenoxy) is 1. The van der Waals surface area contributed by atoms with Crippen molar-refractivity contribution in [3.63, 3.8) is 0 Å². The van der Waals surface area contributed by atoms with Crippen molar-refractivity contribution in [1.29, 1.82) is 0 Å². The van der Waals surface area contributed by atoms with Crippen LogP contribution in [-0.4, -0.2) is 67.8 Å². The van der Waals surface area contributed by atoms with Crippen molar-refractivity contribution in [3.05, 3.63) is 102 Å². The maximum absolute atomic E-state index is 13.9. The summed E-state index contributed by atoms with van der Waals surface area (Å²) in [5.41, 5.74) is 2.78. The maximum Gasteiger partial charge on any atom is 0.243 e. The number of sulfonamides is 1. The van der Waals surface area contributed by atoms with Gasteiger partial charge in [-0.1, -0.05) is 72.8 Å². The highest BCUT2D eigenvalue weighted by molar-refractivity contribution is 7.89. The number of hydrogen-bond acceptors (Lipinski definition) is 5. The van der Waals surface area contributed by atoms with E-state index in [0.717, 1.165) is 29.5 Å². The van der Waals surface area contributed by atoms with Crippen LogP contribution in [0.1, 0.15) is 56.2 Å². The lowest BCUT2D eigenvalue weighted by molar-refractivity contribution is -0.141. The predicted molar refractivity (Wildman–Crippen MR) is 172 cm³/mol. The number of carbonyl (C=O) groups excluding carboxylic acids is 2. The van der Waals surface area contributed by atoms with Gasteiger partial charge in [0, 0.05) is 45.6 Å². The molecule has 1 aliphatic rings. The van der Waals surface area contributed by atoms with Gasteiger partial charge in [-0.25, -0.2) is 8.42 Å². The Labute approximate surface area is 262 Å². The van der Waals surface area contributed by atoms with E-state index in [-0.39, 0.29) is 29.2 Å². The van der Waals surface area contributed by atoms with E-state index in [4.69, 9.17) is 4.74 Å². The minimum absolute atomic E-state index is 0.126. The summed E-state index contributed by atoms with van der Waals surface area (Å²) < 4.78 is 33.0. The molecular formula is C35H45N3O5S. The third kappa shape index (κ3) is 9.74. The summed E-state index contributed by atoms with van der Waals surface area (Å²) in [7, 11) is -3.50. The molecule has 44 heavy (non-hydrogen) atoms. The number of aryl methyl sites for hydroxylation is 1. The maximum atomic E-state index is 13.9. The molecule has 1 N–H and O–H groups in total. The highest BCUT2D eigenvalue weighted by Gasteiger charge is 2.30. The Balaban J connectivity index is 1.50. The number of nitrogens with one attached hydrogen (secondary N) is 1. The van der Waals surface area contributed by atoms with Gasteiger partial charge < -0.3 is 15.0 Å². The summed E-state index contributed by atoms with van der Waals surface area (Å²) in [5.74, 6) is -0.332. The molecule has 0 spiro atoms. The molecule has 1 aliphatic heterocycles. The molecule has 0 saturated carbocycles. The standard InChI is InChI=1S/C35H45N3O5S/c1-28(2)43-25-11-22-36-35(40)33(26-30-12-5-3-6-13-30)38(27-31-14-7-4-8-15-31)34(39)21-18-29-16-19-32(20-17-29)44(41,42)37-23-9-10-24-37/h3-8,12-17,19-20,28,33H,9-11,18,21-27H2,1-2H3,(H,36,40)/t33-/m0/s1. The largest absolute Gasteiger partial charge is 0.379 e. The first-order chi connectivity index (χ1) is 21.2. The molecule has 3 aromatic rings. The van der Waals surface area contributed by atoms with Crippen LogP contribution in [0.3, 0.4) is 0 Å². The zero-order valence-electron chi connectivity index (χ0n) is 25.9. The summed E-state index contributed by atoms with van der Waals surface area (Å²) in [6.45, 7) is 6.37. The van der Waals surface area contributed by atoms with Gasteiger partial charge in [-0.15, -0.1) is 0 Å². The van der Waals surface area contributed by atoms with Gasteiger partial charge in [-0.3, -0.25) is 9.59 Å². The molecule has 9 heteroatoms. The van der Waals surface area contributed by atoms with Crippen molar-refractivity contribution < 1.29 is 22.7 Å². The molecule has 0 radical (unpaired) electrons. The lowest BCUT2D eigenvalue weighted by Gasteiger charge is -2.31. The van der Waals surface area contributed by atoms with Gasteiger partial charge in [0.05, 0.1) is 11.0 Å². The summed E-state index contributed by atoms with van der Waals surface area (Å²) in [4.78, 5) is 29.6. The Morgan fingerprint density at radius 3 is 2.09 bits per heavy atom. The second-order valence-electron chi connectivity index (χ2n) is 11.5. The van der Waals surface area contributed by atoms with Gasteiger partial charge in [0.15, 0.2) is 0 Å². The Morgan fingerprint density at radius 2 is 1.48 bits per heavy atom. The van der Waals surface area contributed by atoms with Crippen LogP contribution in [0.25, 0.3) is 0 Å². The van der Waals surface area contributed by atoms with Crippen LogP contribution in [0.2, 0.25) is 0 Å². The zero-order valence-corrected chi connectivity index (χ0v) is 26.7. The van der Waals surface area contributed by atoms with E-state index in [0.29, 0.717) is 52.0 Å². The predicted octanol–water partition coefficient (Wildman–Crippen LogP) is 4.98. The fourth-order valence-electron chi connectivity index (χ4n) is 5.36. The fraction of sp³-hybridized carbons (Fsp3) is 0.429. The molecule has 1 heterocycles. The molecule has 236 valence electrons. The number of nitrogens with zero attached hydrogens (tertiary/aromatic N) is 2. The van der Waals surface area contributed by atoms with E-state index in [2.05, 4.69) is 5.32 Å². The fourth-order valence-corrected chi connectivity index (χ4v) is 6.87. The molecule has 1 atom stereocenters. The highest BCUT2D eigenvalue weighted by Crippen LogP contribution is 2.22. The topological polar surface area (TPSA) is 96.0 Å². The number of hydrogen-bond donors (Lipinski definition) is 1. The minimum atomic E-state index is -3.50. The van der Waals surface area contributed by atoms with Crippen LogP contribution in [0.15, 0.2) is 89.8 Å². The zero-order chi connectivity index (χ0) is 31.4. The van der Waals surface area contributed by atoms with Gasteiger partial charge in [-0.2, -0.15) is 4.31 Å². The van der Waals surface area contributed by atoms with Crippen molar-refractivity contribution >= 4 is 21.8 Å². The molecule has 0 aliphatic carbocycles. The monoisotopic (exact) mass is 619 g/mol. The summed E-state index contributed by atoms with van der Waals surface area (Å²) >= 11 is 0. The van der Waals surface area contributed by atoms with Crippen molar-refractivity contribution in [1.82, 2.24) is 14.5 Å². The smallest absolute Gasteiger partial charge is 0.243 e. The summed E-state index contributed by atoms with van der Waals surface area (Å²) in [6.07, 6.45) is 3.58. The Bertz CT molecular complexity index is 1420. The third-order valence-electron chi connectivity index (χ3n) is 7.79. The average Bonchev–Trinajstić information content (AvgIpc) is 3.59. The van der Waals surface area contributed by atoms with Crippen LogP contribution >= 0.6 is 0 Å². The Kier molecular flexibility index (Phi) is 12.5. The van der Waals surface area contributed by atoms with Crippen molar-refractivity contribution in [2.75, 3.05) is 26.2 Å². The first kappa shape index (κ1) is 33.4. The number of carbonyl (C=O) groups is 2. The third-order valence-corrected chi connectivity index (χ3v) is 9.70. The molecule has 2 amide bonds. The Hall–Kier alpha value is -3.53. The van der Waals surface area contributed by atoms with Crippen LogP contribution in [0.4, 0.5) is 0 Å². The van der Waals surface area contributed by atoms with E-state index in [1.807, 2.05) is 74.5 Å². The normalized spacial score (nSPS) is 14.4. The molecule has 0 unspecified atom stereocenters. The second kappa shape index (κ2) is 16.5. The molecule has 8 nitrogen and oxygen atoms in total. The SMILES string of the molecule is CC(C)OCCCNC(=O)[C@H](Cc1ccccc1)N(Cc1ccccc1)C(=O)CCc1ccc(S(=O)(=O)N2CCCC2)cc1. The van der Waals surface area contributed by atoms with Crippen molar-refractivity contribution in [2.45, 2.75) is 76.0 Å². The van der Waals surface area contributed by atoms with E-state index < -0.39 is 16.1 Å². The van der Waals surface area contributed by atoms with E-state index in [9.17, 15) is 18.0 Å². The first-order valence-corrected chi connectivity index (χ1v) is 17.0. The number of rotatable bonds is 16. The number of benzene rings is 3. The highest BCUT2D eigenvalue weighted by atomic mass is 32.2. The molecule has 0 aromatic heterocycles. The van der Waals surface area contributed by atoms with Gasteiger partial charge >= 0.3 is 0 Å². The lowest BCUT2D eigenvalue weighted by atomic mass is 10.0. The molecule has 1 saturated heterocycles. The molecule has 3 aromatic carbocycles. The van der Waals surface area contributed by atoms with Crippen LogP contribution in [0.5, 0.6) is 0 Å². The van der Waals surface area contributed by atoms with Crippen LogP contribution < -0.4 is 5.32 Å². The summed E-state index contributed by atoms with van der Waals surface area (Å²) in [5, 5.41) is 3.04. The Morgan fingerprint density at radius 1 is 0.864 bits per heavy atom. The van der Waals surface area contributed by atoms with Crippen LogP contribution in [0, 0.1) is 0 Å². The molecular weight excluding hydrogens is 574 g/mol. The molecule has 0 bridgehead atoms. The molecule has 4 rings (SSSR count). The first-order valence-electron chi connectivity index (χ1n) is 15.6. The number of amides is 2. The quantitative estimate of drug-likeness (QED) is 0.228. The summed E-state index contributed by atoms with van der Waals surface area (Å²) in [6, 6.07) is 25.6. The van der Waals surface area contributed by atoms with Gasteiger partial charge in [0.1, 0.15) is 6.04 Å².